The minimum Gasteiger partial charge on any atom is -0.484 e. The van der Waals surface area contributed by atoms with E-state index >= 15 is 0 Å². The number of ether oxygens (including phenoxy) is 1. The Morgan fingerprint density at radius 2 is 1.62 bits per heavy atom. The van der Waals surface area contributed by atoms with Crippen LogP contribution in [0.15, 0.2) is 57.9 Å². The third-order valence-electron chi connectivity index (χ3n) is 2.71. The molecule has 2 aromatic carbocycles. The monoisotopic (exact) mass is 412 g/mol. The standard InChI is InChI=1S/C16H14BrFN2O3S/c17-11-1-7-14(8-2-11)24-10-16(22)20-19-15(21)9-23-13-5-3-12(18)4-6-13/h1-8H,9-10H2,(H,19,21)(H,20,22). The number of hydrogen-bond donors (Lipinski definition) is 2. The fourth-order valence-electron chi connectivity index (χ4n) is 1.57. The maximum atomic E-state index is 12.7. The van der Waals surface area contributed by atoms with E-state index < -0.39 is 5.91 Å². The van der Waals surface area contributed by atoms with Crippen LogP contribution in [0.1, 0.15) is 0 Å². The molecule has 0 aliphatic carbocycles. The Labute approximate surface area is 151 Å². The van der Waals surface area contributed by atoms with Crippen LogP contribution in [0.25, 0.3) is 0 Å². The van der Waals surface area contributed by atoms with Gasteiger partial charge in [-0.05, 0) is 48.5 Å². The minimum atomic E-state index is -0.513. The van der Waals surface area contributed by atoms with Crippen LogP contribution in [0.2, 0.25) is 0 Å². The number of benzene rings is 2. The lowest BCUT2D eigenvalue weighted by Gasteiger charge is -2.08. The second-order valence-corrected chi connectivity index (χ2v) is 6.55. The van der Waals surface area contributed by atoms with Gasteiger partial charge in [0, 0.05) is 9.37 Å². The SMILES string of the molecule is O=C(COc1ccc(F)cc1)NNC(=O)CSc1ccc(Br)cc1. The van der Waals surface area contributed by atoms with Crippen molar-refractivity contribution in [1.82, 2.24) is 10.9 Å². The normalized spacial score (nSPS) is 10.1. The number of hydrazine groups is 1. The molecule has 8 heteroatoms. The molecule has 0 radical (unpaired) electrons. The zero-order valence-corrected chi connectivity index (χ0v) is 14.8. The number of hydrogen-bond acceptors (Lipinski definition) is 4. The van der Waals surface area contributed by atoms with Crippen molar-refractivity contribution >= 4 is 39.5 Å². The highest BCUT2D eigenvalue weighted by Crippen LogP contribution is 2.20. The highest BCUT2D eigenvalue weighted by molar-refractivity contribution is 9.10. The fraction of sp³-hybridized carbons (Fsp3) is 0.125. The summed E-state index contributed by atoms with van der Waals surface area (Å²) in [5.41, 5.74) is 4.55. The molecule has 0 atom stereocenters. The van der Waals surface area contributed by atoms with E-state index in [2.05, 4.69) is 26.8 Å². The minimum absolute atomic E-state index is 0.167. The summed E-state index contributed by atoms with van der Waals surface area (Å²) >= 11 is 4.68. The van der Waals surface area contributed by atoms with Gasteiger partial charge in [0.25, 0.3) is 5.91 Å². The molecule has 0 heterocycles. The first-order chi connectivity index (χ1) is 11.5. The number of carbonyl (C=O) groups excluding carboxylic acids is 2. The third kappa shape index (κ3) is 6.59. The van der Waals surface area contributed by atoms with Gasteiger partial charge in [-0.1, -0.05) is 15.9 Å². The van der Waals surface area contributed by atoms with Crippen LogP contribution in [0.4, 0.5) is 4.39 Å². The van der Waals surface area contributed by atoms with Gasteiger partial charge < -0.3 is 4.74 Å². The molecule has 0 spiro atoms. The van der Waals surface area contributed by atoms with Crippen LogP contribution in [0.5, 0.6) is 5.75 Å². The lowest BCUT2D eigenvalue weighted by atomic mass is 10.3. The zero-order chi connectivity index (χ0) is 17.4. The van der Waals surface area contributed by atoms with E-state index in [0.717, 1.165) is 9.37 Å². The van der Waals surface area contributed by atoms with Crippen molar-refractivity contribution in [2.45, 2.75) is 4.90 Å². The third-order valence-corrected chi connectivity index (χ3v) is 4.25. The topological polar surface area (TPSA) is 67.4 Å². The maximum Gasteiger partial charge on any atom is 0.276 e. The molecule has 5 nitrogen and oxygen atoms in total. The van der Waals surface area contributed by atoms with E-state index in [1.807, 2.05) is 24.3 Å². The van der Waals surface area contributed by atoms with Crippen LogP contribution in [-0.4, -0.2) is 24.2 Å². The van der Waals surface area contributed by atoms with Gasteiger partial charge >= 0.3 is 0 Å². The average Bonchev–Trinajstić information content (AvgIpc) is 2.59. The van der Waals surface area contributed by atoms with Crippen molar-refractivity contribution in [3.05, 3.63) is 58.8 Å². The molecule has 126 valence electrons. The highest BCUT2D eigenvalue weighted by Gasteiger charge is 2.06. The molecular weight excluding hydrogens is 399 g/mol. The van der Waals surface area contributed by atoms with Crippen LogP contribution < -0.4 is 15.6 Å². The smallest absolute Gasteiger partial charge is 0.276 e. The van der Waals surface area contributed by atoms with Gasteiger partial charge in [-0.15, -0.1) is 11.8 Å². The largest absolute Gasteiger partial charge is 0.484 e. The molecule has 0 aromatic heterocycles. The predicted molar refractivity (Wildman–Crippen MR) is 93.0 cm³/mol. The quantitative estimate of drug-likeness (QED) is 0.565. The van der Waals surface area contributed by atoms with E-state index in [1.54, 1.807) is 0 Å². The first kappa shape index (κ1) is 18.3. The molecule has 0 saturated carbocycles. The molecule has 0 unspecified atom stereocenters. The van der Waals surface area contributed by atoms with Crippen molar-refractivity contribution in [2.75, 3.05) is 12.4 Å². The molecule has 2 N–H and O–H groups in total. The number of thioether (sulfide) groups is 1. The zero-order valence-electron chi connectivity index (χ0n) is 12.4. The van der Waals surface area contributed by atoms with Gasteiger partial charge in [0.1, 0.15) is 11.6 Å². The molecule has 0 aliphatic heterocycles. The lowest BCUT2D eigenvalue weighted by molar-refractivity contribution is -0.128. The first-order valence-electron chi connectivity index (χ1n) is 6.87. The first-order valence-corrected chi connectivity index (χ1v) is 8.65. The van der Waals surface area contributed by atoms with Crippen molar-refractivity contribution < 1.29 is 18.7 Å². The van der Waals surface area contributed by atoms with Gasteiger partial charge in [0.2, 0.25) is 5.91 Å². The summed E-state index contributed by atoms with van der Waals surface area (Å²) in [5, 5.41) is 0. The van der Waals surface area contributed by atoms with Crippen molar-refractivity contribution in [3.8, 4) is 5.75 Å². The molecule has 24 heavy (non-hydrogen) atoms. The summed E-state index contributed by atoms with van der Waals surface area (Å²) in [6.07, 6.45) is 0. The Balaban J connectivity index is 1.64. The molecule has 0 saturated heterocycles. The summed E-state index contributed by atoms with van der Waals surface area (Å²) < 4.78 is 18.8. The van der Waals surface area contributed by atoms with Gasteiger partial charge in [-0.25, -0.2) is 4.39 Å². The number of nitrogens with one attached hydrogen (secondary N) is 2. The second kappa shape index (κ2) is 9.29. The van der Waals surface area contributed by atoms with E-state index in [4.69, 9.17) is 4.74 Å². The van der Waals surface area contributed by atoms with E-state index in [9.17, 15) is 14.0 Å². The van der Waals surface area contributed by atoms with E-state index in [-0.39, 0.29) is 24.1 Å². The van der Waals surface area contributed by atoms with Crippen LogP contribution in [0.3, 0.4) is 0 Å². The maximum absolute atomic E-state index is 12.7. The highest BCUT2D eigenvalue weighted by atomic mass is 79.9. The lowest BCUT2D eigenvalue weighted by Crippen LogP contribution is -2.44. The van der Waals surface area contributed by atoms with Crippen LogP contribution >= 0.6 is 27.7 Å². The summed E-state index contributed by atoms with van der Waals surface area (Å²) in [6.45, 7) is -0.286. The summed E-state index contributed by atoms with van der Waals surface area (Å²) in [4.78, 5) is 24.2. The Hall–Kier alpha value is -2.06. The number of rotatable bonds is 6. The predicted octanol–water partition coefficient (Wildman–Crippen LogP) is 2.91. The summed E-state index contributed by atoms with van der Waals surface area (Å²) in [5.74, 6) is -0.703. The summed E-state index contributed by atoms with van der Waals surface area (Å²) in [6, 6.07) is 12.8. The van der Waals surface area contributed by atoms with Gasteiger partial charge in [-0.3, -0.25) is 20.4 Å². The molecule has 2 rings (SSSR count). The summed E-state index contributed by atoms with van der Waals surface area (Å²) in [7, 11) is 0. The Morgan fingerprint density at radius 3 is 2.29 bits per heavy atom. The van der Waals surface area contributed by atoms with Crippen molar-refractivity contribution in [3.63, 3.8) is 0 Å². The molecule has 0 aliphatic rings. The number of amides is 2. The van der Waals surface area contributed by atoms with Crippen LogP contribution in [0, 0.1) is 5.82 Å². The molecule has 0 fully saturated rings. The molecule has 0 bridgehead atoms. The molecule has 2 aromatic rings. The van der Waals surface area contributed by atoms with Crippen LogP contribution in [-0.2, 0) is 9.59 Å². The molecular formula is C16H14BrFN2O3S. The number of halogens is 2. The van der Waals surface area contributed by atoms with Gasteiger partial charge in [-0.2, -0.15) is 0 Å². The number of carbonyl (C=O) groups is 2. The van der Waals surface area contributed by atoms with Crippen molar-refractivity contribution in [2.24, 2.45) is 0 Å². The van der Waals surface area contributed by atoms with E-state index in [1.165, 1.54) is 36.0 Å². The van der Waals surface area contributed by atoms with Crippen molar-refractivity contribution in [1.29, 1.82) is 0 Å². The Morgan fingerprint density at radius 1 is 1.00 bits per heavy atom. The molecule has 2 amide bonds. The van der Waals surface area contributed by atoms with Gasteiger partial charge in [0.05, 0.1) is 5.75 Å². The van der Waals surface area contributed by atoms with Gasteiger partial charge in [0.15, 0.2) is 6.61 Å². The second-order valence-electron chi connectivity index (χ2n) is 4.58. The van der Waals surface area contributed by atoms with E-state index in [0.29, 0.717) is 5.75 Å². The average molecular weight is 413 g/mol. The Kier molecular flexibility index (Phi) is 7.07. The fourth-order valence-corrected chi connectivity index (χ4v) is 2.53. The Bertz CT molecular complexity index is 634.